The van der Waals surface area contributed by atoms with E-state index in [1.807, 2.05) is 0 Å². The molecule has 0 N–H and O–H groups in total. The molecule has 0 amide bonds. The van der Waals surface area contributed by atoms with Crippen molar-refractivity contribution in [3.05, 3.63) is 83.3 Å². The third kappa shape index (κ3) is 6.77. The first-order valence-electron chi connectivity index (χ1n) is 7.46. The average molecular weight is 385 g/mol. The molecule has 9 heteroatoms. The number of hydrogen-bond donors (Lipinski definition) is 0. The zero-order valence-electron chi connectivity index (χ0n) is 13.6. The lowest BCUT2D eigenvalue weighted by Gasteiger charge is -2.06. The van der Waals surface area contributed by atoms with Gasteiger partial charge in [0.1, 0.15) is 0 Å². The summed E-state index contributed by atoms with van der Waals surface area (Å²) in [5.41, 5.74) is -0.499. The van der Waals surface area contributed by atoms with Crippen molar-refractivity contribution in [2.45, 2.75) is 12.4 Å². The lowest BCUT2D eigenvalue weighted by molar-refractivity contribution is -0.138. The molecule has 2 nitrogen and oxygen atoms in total. The fourth-order valence-electron chi connectivity index (χ4n) is 1.90. The van der Waals surface area contributed by atoms with Crippen LogP contribution in [0.1, 0.15) is 22.3 Å². The predicted octanol–water partition coefficient (Wildman–Crippen LogP) is 5.93. The maximum atomic E-state index is 12.4. The molecule has 0 atom stereocenters. The summed E-state index contributed by atoms with van der Waals surface area (Å²) < 4.78 is 84.3. The third-order valence-corrected chi connectivity index (χ3v) is 3.27. The second-order valence-electron chi connectivity index (χ2n) is 5.21. The quantitative estimate of drug-likeness (QED) is 0.266. The minimum atomic E-state index is -4.39. The van der Waals surface area contributed by atoms with E-state index in [4.69, 9.17) is 9.31 Å². The molecule has 0 fully saturated rings. The first-order chi connectivity index (χ1) is 12.7. The van der Waals surface area contributed by atoms with Gasteiger partial charge in [0.15, 0.2) is 0 Å². The van der Waals surface area contributed by atoms with Gasteiger partial charge in [0.05, 0.1) is 23.7 Å². The van der Waals surface area contributed by atoms with Gasteiger partial charge in [-0.3, -0.25) is 0 Å². The highest BCUT2D eigenvalue weighted by molar-refractivity contribution is 6.18. The Hall–Kier alpha value is -2.84. The molecule has 0 bridgehead atoms. The van der Waals surface area contributed by atoms with Crippen molar-refractivity contribution in [2.24, 2.45) is 0 Å². The van der Waals surface area contributed by atoms with Crippen LogP contribution in [-0.4, -0.2) is 7.69 Å². The molecule has 0 spiro atoms. The van der Waals surface area contributed by atoms with Gasteiger partial charge in [-0.1, -0.05) is 24.3 Å². The molecule has 1 radical (unpaired) electrons. The first-order valence-corrected chi connectivity index (χ1v) is 7.46. The maximum Gasteiger partial charge on any atom is 0.657 e. The molecular formula is C18H12BF6O2. The molecule has 0 heterocycles. The summed E-state index contributed by atoms with van der Waals surface area (Å²) in [5.74, 6) is 0. The Labute approximate surface area is 152 Å². The molecule has 0 aliphatic carbocycles. The second-order valence-corrected chi connectivity index (χ2v) is 5.21. The number of benzene rings is 2. The lowest BCUT2D eigenvalue weighted by Crippen LogP contribution is -2.04. The van der Waals surface area contributed by atoms with Crippen LogP contribution in [0.3, 0.4) is 0 Å². The maximum absolute atomic E-state index is 12.4. The molecule has 0 saturated carbocycles. The van der Waals surface area contributed by atoms with Crippen molar-refractivity contribution in [2.75, 3.05) is 0 Å². The third-order valence-electron chi connectivity index (χ3n) is 3.27. The van der Waals surface area contributed by atoms with Gasteiger partial charge in [-0.15, -0.1) is 0 Å². The minimum absolute atomic E-state index is 0.497. The largest absolute Gasteiger partial charge is 0.657 e. The van der Waals surface area contributed by atoms with E-state index < -0.39 is 23.5 Å². The van der Waals surface area contributed by atoms with Crippen LogP contribution in [0.5, 0.6) is 0 Å². The fraction of sp³-hybridized carbons (Fsp3) is 0.111. The van der Waals surface area contributed by atoms with Crippen LogP contribution in [0.25, 0.3) is 12.2 Å². The van der Waals surface area contributed by atoms with Gasteiger partial charge in [0.2, 0.25) is 0 Å². The molecule has 0 unspecified atom stereocenters. The van der Waals surface area contributed by atoms with E-state index >= 15 is 0 Å². The molecule has 0 aliphatic rings. The summed E-state index contributed by atoms with van der Waals surface area (Å²) in [5, 5.41) is 0. The Balaban J connectivity index is 1.73. The Kier molecular flexibility index (Phi) is 6.60. The van der Waals surface area contributed by atoms with Gasteiger partial charge < -0.3 is 9.31 Å². The van der Waals surface area contributed by atoms with Crippen LogP contribution < -0.4 is 0 Å². The van der Waals surface area contributed by atoms with Gasteiger partial charge in [-0.25, -0.2) is 0 Å². The molecule has 2 aromatic carbocycles. The van der Waals surface area contributed by atoms with Crippen molar-refractivity contribution in [1.29, 1.82) is 0 Å². The Bertz CT molecular complexity index is 710. The van der Waals surface area contributed by atoms with Crippen molar-refractivity contribution in [3.63, 3.8) is 0 Å². The highest BCUT2D eigenvalue weighted by Gasteiger charge is 2.30. The summed E-state index contributed by atoms with van der Waals surface area (Å²) in [6.45, 7) is 0. The zero-order valence-corrected chi connectivity index (χ0v) is 13.6. The Morgan fingerprint density at radius 2 is 0.926 bits per heavy atom. The average Bonchev–Trinajstić information content (AvgIpc) is 2.60. The van der Waals surface area contributed by atoms with Crippen LogP contribution in [0.15, 0.2) is 61.1 Å². The normalized spacial score (nSPS) is 12.5. The van der Waals surface area contributed by atoms with Crippen LogP contribution in [-0.2, 0) is 21.7 Å². The molecule has 27 heavy (non-hydrogen) atoms. The SMILES string of the molecule is FC(F)(F)c1ccc(C=CO[B]OC=Cc2ccc(C(F)(F)F)cc2)cc1. The first kappa shape index (κ1) is 20.5. The standard InChI is InChI=1S/C18H12BF6O2/c20-17(21,22)15-5-1-13(2-6-15)9-11-26-19-27-12-10-14-3-7-16(8-4-14)18(23,24)25/h1-12H. The highest BCUT2D eigenvalue weighted by atomic mass is 19.4. The van der Waals surface area contributed by atoms with E-state index in [1.165, 1.54) is 48.9 Å². The van der Waals surface area contributed by atoms with Crippen molar-refractivity contribution in [3.8, 4) is 0 Å². The number of halogens is 6. The summed E-state index contributed by atoms with van der Waals surface area (Å²) in [7, 11) is 0.946. The molecule has 2 aromatic rings. The molecule has 0 aromatic heterocycles. The van der Waals surface area contributed by atoms with Gasteiger partial charge in [-0.2, -0.15) is 26.3 Å². The van der Waals surface area contributed by atoms with E-state index in [9.17, 15) is 26.3 Å². The fourth-order valence-corrected chi connectivity index (χ4v) is 1.90. The van der Waals surface area contributed by atoms with Gasteiger partial charge in [-0.05, 0) is 47.5 Å². The number of rotatable bonds is 6. The summed E-state index contributed by atoms with van der Waals surface area (Å²) in [6, 6.07) is 8.95. The van der Waals surface area contributed by atoms with Crippen LogP contribution in [0.2, 0.25) is 0 Å². The van der Waals surface area contributed by atoms with Crippen LogP contribution in [0.4, 0.5) is 26.3 Å². The smallest absolute Gasteiger partial charge is 0.532 e. The van der Waals surface area contributed by atoms with Crippen molar-refractivity contribution in [1.82, 2.24) is 0 Å². The summed E-state index contributed by atoms with van der Waals surface area (Å²) in [4.78, 5) is 0. The van der Waals surface area contributed by atoms with E-state index in [1.54, 1.807) is 0 Å². The van der Waals surface area contributed by atoms with E-state index in [-0.39, 0.29) is 0 Å². The number of hydrogen-bond acceptors (Lipinski definition) is 2. The monoisotopic (exact) mass is 385 g/mol. The van der Waals surface area contributed by atoms with Gasteiger partial charge in [0.25, 0.3) is 0 Å². The van der Waals surface area contributed by atoms with Gasteiger partial charge in [0, 0.05) is 0 Å². The topological polar surface area (TPSA) is 18.5 Å². The van der Waals surface area contributed by atoms with Gasteiger partial charge >= 0.3 is 20.0 Å². The molecule has 0 aliphatic heterocycles. The van der Waals surface area contributed by atoms with E-state index in [0.29, 0.717) is 11.1 Å². The Morgan fingerprint density at radius 1 is 0.593 bits per heavy atom. The molecule has 2 rings (SSSR count). The van der Waals surface area contributed by atoms with Crippen LogP contribution in [0, 0.1) is 0 Å². The zero-order chi connectivity index (χ0) is 19.9. The summed E-state index contributed by atoms with van der Waals surface area (Å²) in [6.07, 6.45) is -3.51. The molecule has 0 saturated heterocycles. The number of alkyl halides is 6. The van der Waals surface area contributed by atoms with E-state index in [0.717, 1.165) is 32.0 Å². The minimum Gasteiger partial charge on any atom is -0.532 e. The van der Waals surface area contributed by atoms with E-state index in [2.05, 4.69) is 0 Å². The lowest BCUT2D eigenvalue weighted by atomic mass is 10.1. The van der Waals surface area contributed by atoms with Crippen molar-refractivity contribution < 1.29 is 35.7 Å². The molecular weight excluding hydrogens is 373 g/mol. The van der Waals surface area contributed by atoms with Crippen LogP contribution >= 0.6 is 0 Å². The predicted molar refractivity (Wildman–Crippen MR) is 88.9 cm³/mol. The highest BCUT2D eigenvalue weighted by Crippen LogP contribution is 2.30. The summed E-state index contributed by atoms with van der Waals surface area (Å²) >= 11 is 0. The second kappa shape index (κ2) is 8.70. The Morgan fingerprint density at radius 3 is 1.22 bits per heavy atom. The van der Waals surface area contributed by atoms with Crippen molar-refractivity contribution >= 4 is 19.8 Å². The molecule has 141 valence electrons.